The molecule has 1 amide bonds. The molecular weight excluding hydrogens is 358 g/mol. The van der Waals surface area contributed by atoms with Crippen LogP contribution in [0.4, 0.5) is 0 Å². The summed E-state index contributed by atoms with van der Waals surface area (Å²) in [4.78, 5) is 25.1. The zero-order chi connectivity index (χ0) is 21.4. The number of nitrogens with one attached hydrogen (secondary N) is 1. The van der Waals surface area contributed by atoms with Crippen molar-refractivity contribution in [2.45, 2.75) is 47.5 Å². The van der Waals surface area contributed by atoms with E-state index in [-0.39, 0.29) is 23.5 Å². The van der Waals surface area contributed by atoms with Crippen LogP contribution in [0.25, 0.3) is 11.1 Å². The first-order valence-electron chi connectivity index (χ1n) is 10.5. The zero-order valence-corrected chi connectivity index (χ0v) is 18.2. The van der Waals surface area contributed by atoms with Gasteiger partial charge in [-0.25, -0.2) is 0 Å². The lowest BCUT2D eigenvalue weighted by Crippen LogP contribution is -2.36. The van der Waals surface area contributed by atoms with Gasteiger partial charge in [0.2, 0.25) is 5.91 Å². The molecule has 0 bridgehead atoms. The highest BCUT2D eigenvalue weighted by atomic mass is 16.2. The van der Waals surface area contributed by atoms with Gasteiger partial charge in [-0.2, -0.15) is 0 Å². The summed E-state index contributed by atoms with van der Waals surface area (Å²) >= 11 is 0. The summed E-state index contributed by atoms with van der Waals surface area (Å²) in [6.45, 7) is 10.1. The smallest absolute Gasteiger partial charge is 0.227 e. The second-order valence-electron chi connectivity index (χ2n) is 8.18. The largest absolute Gasteiger partial charge is 0.330 e. The predicted molar refractivity (Wildman–Crippen MR) is 120 cm³/mol. The maximum atomic E-state index is 12.6. The minimum absolute atomic E-state index is 0.00288. The van der Waals surface area contributed by atoms with Crippen LogP contribution in [-0.2, 0) is 16.0 Å². The van der Waals surface area contributed by atoms with Crippen LogP contribution in [0.3, 0.4) is 0 Å². The summed E-state index contributed by atoms with van der Waals surface area (Å²) < 4.78 is 0. The number of allylic oxidation sites excluding steroid dienone is 2. The van der Waals surface area contributed by atoms with E-state index in [0.29, 0.717) is 18.0 Å². The molecule has 0 aliphatic rings. The molecule has 3 heteroatoms. The molecule has 0 aromatic heterocycles. The van der Waals surface area contributed by atoms with Crippen LogP contribution >= 0.6 is 0 Å². The number of ketones is 1. The van der Waals surface area contributed by atoms with E-state index in [1.807, 2.05) is 42.5 Å². The van der Waals surface area contributed by atoms with Crippen molar-refractivity contribution in [1.82, 2.24) is 5.32 Å². The van der Waals surface area contributed by atoms with Gasteiger partial charge in [0.05, 0.1) is 0 Å². The predicted octanol–water partition coefficient (Wildman–Crippen LogP) is 5.80. The van der Waals surface area contributed by atoms with Crippen LogP contribution in [0.5, 0.6) is 0 Å². The molecule has 3 nitrogen and oxygen atoms in total. The van der Waals surface area contributed by atoms with Crippen molar-refractivity contribution >= 4 is 11.7 Å². The number of carbonyl (C=O) groups is 2. The van der Waals surface area contributed by atoms with Crippen molar-refractivity contribution in [3.8, 4) is 11.1 Å². The highest BCUT2D eigenvalue weighted by molar-refractivity contribution is 5.93. The summed E-state index contributed by atoms with van der Waals surface area (Å²) in [5, 5.41) is 2.93. The highest BCUT2D eigenvalue weighted by Gasteiger charge is 2.27. The van der Waals surface area contributed by atoms with Crippen LogP contribution in [0.2, 0.25) is 0 Å². The van der Waals surface area contributed by atoms with Crippen molar-refractivity contribution in [3.05, 3.63) is 71.9 Å². The van der Waals surface area contributed by atoms with E-state index in [2.05, 4.69) is 45.1 Å². The van der Waals surface area contributed by atoms with Crippen LogP contribution < -0.4 is 5.32 Å². The molecule has 0 aliphatic heterocycles. The monoisotopic (exact) mass is 391 g/mol. The molecule has 0 radical (unpaired) electrons. The molecule has 29 heavy (non-hydrogen) atoms. The van der Waals surface area contributed by atoms with E-state index < -0.39 is 0 Å². The Labute approximate surface area is 175 Å². The Morgan fingerprint density at radius 2 is 1.52 bits per heavy atom. The quantitative estimate of drug-likeness (QED) is 0.549. The van der Waals surface area contributed by atoms with Gasteiger partial charge in [0.1, 0.15) is 0 Å². The Balaban J connectivity index is 1.98. The molecule has 2 aromatic carbocycles. The third-order valence-electron chi connectivity index (χ3n) is 5.42. The topological polar surface area (TPSA) is 46.2 Å². The summed E-state index contributed by atoms with van der Waals surface area (Å²) in [6.07, 6.45) is 2.81. The summed E-state index contributed by atoms with van der Waals surface area (Å²) in [7, 11) is 0. The molecule has 0 aliphatic carbocycles. The molecule has 0 spiro atoms. The Hall–Kier alpha value is -2.68. The summed E-state index contributed by atoms with van der Waals surface area (Å²) in [6, 6.07) is 18.2. The standard InChI is InChI=1S/C26H33NO2/c1-6-19(4)25(18(2)3)26(29)27-20(5)16-24(28)17-21-12-14-23(15-13-21)22-10-8-7-9-11-22/h7-16,18-19,25H,6,17H2,1-5H3,(H,27,29)/b20-16-. The second kappa shape index (κ2) is 10.8. The van der Waals surface area contributed by atoms with Crippen molar-refractivity contribution in [2.75, 3.05) is 0 Å². The molecule has 0 saturated carbocycles. The number of hydrogen-bond acceptors (Lipinski definition) is 2. The Morgan fingerprint density at radius 1 is 0.931 bits per heavy atom. The molecule has 2 aromatic rings. The van der Waals surface area contributed by atoms with E-state index in [0.717, 1.165) is 23.1 Å². The van der Waals surface area contributed by atoms with Gasteiger partial charge in [0.15, 0.2) is 5.78 Å². The molecule has 0 saturated heterocycles. The van der Waals surface area contributed by atoms with Crippen molar-refractivity contribution < 1.29 is 9.59 Å². The van der Waals surface area contributed by atoms with Gasteiger partial charge in [0, 0.05) is 24.1 Å². The third kappa shape index (κ3) is 6.70. The molecule has 154 valence electrons. The number of benzene rings is 2. The van der Waals surface area contributed by atoms with Gasteiger partial charge in [-0.15, -0.1) is 0 Å². The fourth-order valence-electron chi connectivity index (χ4n) is 3.73. The Bertz CT molecular complexity index is 835. The van der Waals surface area contributed by atoms with Crippen LogP contribution in [0.1, 0.15) is 46.6 Å². The van der Waals surface area contributed by atoms with Crippen LogP contribution in [0.15, 0.2) is 66.4 Å². The number of hydrogen-bond donors (Lipinski definition) is 1. The van der Waals surface area contributed by atoms with E-state index >= 15 is 0 Å². The number of amides is 1. The normalized spacial score (nSPS) is 13.8. The van der Waals surface area contributed by atoms with E-state index in [9.17, 15) is 9.59 Å². The van der Waals surface area contributed by atoms with E-state index in [1.165, 1.54) is 6.08 Å². The molecule has 2 rings (SSSR count). The fraction of sp³-hybridized carbons (Fsp3) is 0.385. The molecule has 0 heterocycles. The molecular formula is C26H33NO2. The highest BCUT2D eigenvalue weighted by Crippen LogP contribution is 2.24. The minimum atomic E-state index is -0.0519. The van der Waals surface area contributed by atoms with Gasteiger partial charge in [-0.05, 0) is 35.4 Å². The van der Waals surface area contributed by atoms with Crippen LogP contribution in [0, 0.1) is 17.8 Å². The second-order valence-corrected chi connectivity index (χ2v) is 8.18. The minimum Gasteiger partial charge on any atom is -0.330 e. The summed E-state index contributed by atoms with van der Waals surface area (Å²) in [5.41, 5.74) is 3.86. The first-order chi connectivity index (χ1) is 13.8. The fourth-order valence-corrected chi connectivity index (χ4v) is 3.73. The number of carbonyl (C=O) groups excluding carboxylic acids is 2. The SMILES string of the molecule is CCC(C)C(C(=O)N/C(C)=C\C(=O)Cc1ccc(-c2ccccc2)cc1)C(C)C. The summed E-state index contributed by atoms with van der Waals surface area (Å²) in [5.74, 6) is 0.505. The first-order valence-corrected chi connectivity index (χ1v) is 10.5. The lowest BCUT2D eigenvalue weighted by molar-refractivity contribution is -0.127. The lowest BCUT2D eigenvalue weighted by Gasteiger charge is -2.25. The van der Waals surface area contributed by atoms with Gasteiger partial charge in [-0.1, -0.05) is 88.7 Å². The van der Waals surface area contributed by atoms with Gasteiger partial charge in [-0.3, -0.25) is 9.59 Å². The first kappa shape index (κ1) is 22.6. The van der Waals surface area contributed by atoms with Crippen molar-refractivity contribution in [1.29, 1.82) is 0 Å². The van der Waals surface area contributed by atoms with Gasteiger partial charge >= 0.3 is 0 Å². The lowest BCUT2D eigenvalue weighted by atomic mass is 9.82. The molecule has 2 atom stereocenters. The van der Waals surface area contributed by atoms with E-state index in [1.54, 1.807) is 6.92 Å². The Morgan fingerprint density at radius 3 is 2.07 bits per heavy atom. The zero-order valence-electron chi connectivity index (χ0n) is 18.2. The molecule has 0 fully saturated rings. The van der Waals surface area contributed by atoms with Crippen LogP contribution in [-0.4, -0.2) is 11.7 Å². The average molecular weight is 392 g/mol. The van der Waals surface area contributed by atoms with E-state index in [4.69, 9.17) is 0 Å². The Kier molecular flexibility index (Phi) is 8.38. The third-order valence-corrected chi connectivity index (χ3v) is 5.42. The molecule has 1 N–H and O–H groups in total. The van der Waals surface area contributed by atoms with Gasteiger partial charge < -0.3 is 5.32 Å². The maximum Gasteiger partial charge on any atom is 0.227 e. The number of rotatable bonds is 9. The molecule has 2 unspecified atom stereocenters. The van der Waals surface area contributed by atoms with Crippen molar-refractivity contribution in [2.24, 2.45) is 17.8 Å². The maximum absolute atomic E-state index is 12.6. The van der Waals surface area contributed by atoms with Crippen molar-refractivity contribution in [3.63, 3.8) is 0 Å². The average Bonchev–Trinajstić information content (AvgIpc) is 2.68. The van der Waals surface area contributed by atoms with Gasteiger partial charge in [0.25, 0.3) is 0 Å².